The molecule has 0 aliphatic rings. The maximum absolute atomic E-state index is 5.54. The number of hydrogen-bond donors (Lipinski definition) is 1. The third kappa shape index (κ3) is 3.21. The van der Waals surface area contributed by atoms with Crippen LogP contribution in [0.5, 0.6) is 0 Å². The Hall–Kier alpha value is -0.930. The average molecular weight is 360 g/mol. The first-order chi connectivity index (χ1) is 9.71. The van der Waals surface area contributed by atoms with Crippen molar-refractivity contribution >= 4 is 27.7 Å². The molecule has 2 rings (SSSR count). The number of rotatable bonds is 7. The van der Waals surface area contributed by atoms with Crippen LogP contribution in [0.15, 0.2) is 9.63 Å². The van der Waals surface area contributed by atoms with Gasteiger partial charge in [-0.1, -0.05) is 18.7 Å². The first kappa shape index (κ1) is 15.5. The van der Waals surface area contributed by atoms with Crippen molar-refractivity contribution in [2.45, 2.75) is 44.3 Å². The first-order valence-electron chi connectivity index (χ1n) is 6.54. The number of aromatic nitrogens is 6. The molecule has 2 aromatic heterocycles. The van der Waals surface area contributed by atoms with Crippen molar-refractivity contribution < 1.29 is 0 Å². The van der Waals surface area contributed by atoms with E-state index >= 15 is 0 Å². The van der Waals surface area contributed by atoms with Crippen LogP contribution in [0.2, 0.25) is 0 Å². The number of thioether (sulfide) groups is 1. The van der Waals surface area contributed by atoms with E-state index in [2.05, 4.69) is 50.4 Å². The van der Waals surface area contributed by atoms with E-state index in [4.69, 9.17) is 5.73 Å². The van der Waals surface area contributed by atoms with E-state index in [0.29, 0.717) is 13.1 Å². The molecule has 0 saturated heterocycles. The molecule has 7 nitrogen and oxygen atoms in total. The molecular weight excluding hydrogens is 342 g/mol. The van der Waals surface area contributed by atoms with Gasteiger partial charge in [0.15, 0.2) is 0 Å². The van der Waals surface area contributed by atoms with Crippen LogP contribution >= 0.6 is 27.7 Å². The highest BCUT2D eigenvalue weighted by Crippen LogP contribution is 2.28. The minimum Gasteiger partial charge on any atom is -0.329 e. The lowest BCUT2D eigenvalue weighted by Gasteiger charge is -2.05. The highest BCUT2D eigenvalue weighted by atomic mass is 79.9. The normalized spacial score (nSPS) is 11.2. The van der Waals surface area contributed by atoms with Gasteiger partial charge < -0.3 is 5.73 Å². The Labute approximate surface area is 130 Å². The fourth-order valence-electron chi connectivity index (χ4n) is 1.85. The van der Waals surface area contributed by atoms with Gasteiger partial charge in [-0.3, -0.25) is 4.68 Å². The topological polar surface area (TPSA) is 87.4 Å². The van der Waals surface area contributed by atoms with Crippen LogP contribution in [0.1, 0.15) is 25.2 Å². The van der Waals surface area contributed by atoms with E-state index < -0.39 is 0 Å². The molecule has 0 fully saturated rings. The molecule has 0 bridgehead atoms. The SMILES string of the molecule is CCc1nn(CC)c(CSc2nnnn2CCN)c1Br. The van der Waals surface area contributed by atoms with Gasteiger partial charge in [0.2, 0.25) is 5.16 Å². The summed E-state index contributed by atoms with van der Waals surface area (Å²) in [6.45, 7) is 6.19. The monoisotopic (exact) mass is 359 g/mol. The Balaban J connectivity index is 2.14. The Morgan fingerprint density at radius 2 is 2.10 bits per heavy atom. The van der Waals surface area contributed by atoms with Gasteiger partial charge in [-0.2, -0.15) is 5.10 Å². The number of halogens is 1. The van der Waals surface area contributed by atoms with E-state index in [1.807, 2.05) is 4.68 Å². The summed E-state index contributed by atoms with van der Waals surface area (Å²) in [6, 6.07) is 0. The van der Waals surface area contributed by atoms with Crippen molar-refractivity contribution in [3.63, 3.8) is 0 Å². The van der Waals surface area contributed by atoms with Crippen LogP contribution < -0.4 is 5.73 Å². The Morgan fingerprint density at radius 1 is 1.30 bits per heavy atom. The molecule has 0 aliphatic heterocycles. The Bertz CT molecular complexity index is 565. The molecule has 0 radical (unpaired) electrons. The molecule has 2 heterocycles. The van der Waals surface area contributed by atoms with Crippen molar-refractivity contribution in [2.75, 3.05) is 6.54 Å². The van der Waals surface area contributed by atoms with Gasteiger partial charge in [-0.25, -0.2) is 4.68 Å². The fourth-order valence-corrected chi connectivity index (χ4v) is 3.67. The zero-order valence-electron chi connectivity index (χ0n) is 11.6. The fraction of sp³-hybridized carbons (Fsp3) is 0.636. The second-order valence-corrected chi connectivity index (χ2v) is 5.87. The molecule has 2 N–H and O–H groups in total. The smallest absolute Gasteiger partial charge is 0.209 e. The zero-order valence-corrected chi connectivity index (χ0v) is 14.0. The maximum Gasteiger partial charge on any atom is 0.209 e. The standard InChI is InChI=1S/C11H18BrN7S/c1-3-8-10(12)9(18(4-2)15-8)7-20-11-14-16-17-19(11)6-5-13/h3-7,13H2,1-2H3. The van der Waals surface area contributed by atoms with E-state index in [1.165, 1.54) is 0 Å². The number of nitrogens with two attached hydrogens (primary N) is 1. The van der Waals surface area contributed by atoms with Crippen LogP contribution in [-0.2, 0) is 25.3 Å². The summed E-state index contributed by atoms with van der Waals surface area (Å²) in [4.78, 5) is 0. The van der Waals surface area contributed by atoms with Gasteiger partial charge in [-0.15, -0.1) is 5.10 Å². The largest absolute Gasteiger partial charge is 0.329 e. The quantitative estimate of drug-likeness (QED) is 0.753. The van der Waals surface area contributed by atoms with Crippen LogP contribution in [0.3, 0.4) is 0 Å². The summed E-state index contributed by atoms with van der Waals surface area (Å²) in [5, 5.41) is 17.0. The molecule has 0 amide bonds. The average Bonchev–Trinajstić information content (AvgIpc) is 3.01. The van der Waals surface area contributed by atoms with Gasteiger partial charge in [0, 0.05) is 18.8 Å². The summed E-state index contributed by atoms with van der Waals surface area (Å²) < 4.78 is 4.84. The molecule has 0 spiro atoms. The molecule has 0 aliphatic carbocycles. The lowest BCUT2D eigenvalue weighted by molar-refractivity contribution is 0.556. The highest BCUT2D eigenvalue weighted by Gasteiger charge is 2.15. The van der Waals surface area contributed by atoms with Gasteiger partial charge in [0.05, 0.1) is 22.4 Å². The summed E-state index contributed by atoms with van der Waals surface area (Å²) in [5.74, 6) is 0.770. The predicted octanol–water partition coefficient (Wildman–Crippen LogP) is 1.47. The van der Waals surface area contributed by atoms with Crippen molar-refractivity contribution in [1.82, 2.24) is 30.0 Å². The molecule has 20 heavy (non-hydrogen) atoms. The summed E-state index contributed by atoms with van der Waals surface area (Å²) in [7, 11) is 0. The number of tetrazole rings is 1. The van der Waals surface area contributed by atoms with Gasteiger partial charge >= 0.3 is 0 Å². The molecule has 0 atom stereocenters. The maximum atomic E-state index is 5.54. The lowest BCUT2D eigenvalue weighted by atomic mass is 10.3. The van der Waals surface area contributed by atoms with Gasteiger partial charge in [-0.05, 0) is 39.7 Å². The van der Waals surface area contributed by atoms with E-state index in [0.717, 1.165) is 39.7 Å². The van der Waals surface area contributed by atoms with Crippen LogP contribution in [0.25, 0.3) is 0 Å². The summed E-state index contributed by atoms with van der Waals surface area (Å²) >= 11 is 5.24. The minimum absolute atomic E-state index is 0.523. The number of nitrogens with zero attached hydrogens (tertiary/aromatic N) is 6. The minimum atomic E-state index is 0.523. The van der Waals surface area contributed by atoms with E-state index in [9.17, 15) is 0 Å². The first-order valence-corrected chi connectivity index (χ1v) is 8.32. The number of hydrogen-bond acceptors (Lipinski definition) is 6. The van der Waals surface area contributed by atoms with Crippen LogP contribution in [0.4, 0.5) is 0 Å². The zero-order chi connectivity index (χ0) is 14.5. The van der Waals surface area contributed by atoms with Crippen molar-refractivity contribution in [1.29, 1.82) is 0 Å². The summed E-state index contributed by atoms with van der Waals surface area (Å²) in [6.07, 6.45) is 0.913. The van der Waals surface area contributed by atoms with Crippen LogP contribution in [0, 0.1) is 0 Å². The van der Waals surface area contributed by atoms with Crippen molar-refractivity contribution in [2.24, 2.45) is 5.73 Å². The molecule has 110 valence electrons. The van der Waals surface area contributed by atoms with Crippen LogP contribution in [-0.4, -0.2) is 36.5 Å². The Morgan fingerprint density at radius 3 is 2.75 bits per heavy atom. The second kappa shape index (κ2) is 7.19. The summed E-state index contributed by atoms with van der Waals surface area (Å²) in [5.41, 5.74) is 7.79. The third-order valence-corrected chi connectivity index (χ3v) is 4.76. The second-order valence-electron chi connectivity index (χ2n) is 4.14. The van der Waals surface area contributed by atoms with Crippen molar-refractivity contribution in [3.05, 3.63) is 15.9 Å². The number of aryl methyl sites for hydroxylation is 2. The third-order valence-electron chi connectivity index (χ3n) is 2.87. The predicted molar refractivity (Wildman–Crippen MR) is 81.4 cm³/mol. The molecule has 2 aromatic rings. The van der Waals surface area contributed by atoms with Crippen molar-refractivity contribution in [3.8, 4) is 0 Å². The molecule has 0 saturated carbocycles. The lowest BCUT2D eigenvalue weighted by Crippen LogP contribution is -2.12. The highest BCUT2D eigenvalue weighted by molar-refractivity contribution is 9.10. The van der Waals surface area contributed by atoms with Gasteiger partial charge in [0.1, 0.15) is 0 Å². The van der Waals surface area contributed by atoms with E-state index in [-0.39, 0.29) is 0 Å². The molecule has 0 unspecified atom stereocenters. The molecular formula is C11H18BrN7S. The molecule has 9 heteroatoms. The Kier molecular flexibility index (Phi) is 5.55. The molecule has 0 aromatic carbocycles. The van der Waals surface area contributed by atoms with Gasteiger partial charge in [0.25, 0.3) is 0 Å². The van der Waals surface area contributed by atoms with E-state index in [1.54, 1.807) is 16.4 Å².